The predicted octanol–water partition coefficient (Wildman–Crippen LogP) is 2.55. The molecule has 0 saturated carbocycles. The summed E-state index contributed by atoms with van der Waals surface area (Å²) in [5.41, 5.74) is 0.925. The van der Waals surface area contributed by atoms with Crippen molar-refractivity contribution in [2.75, 3.05) is 18.0 Å². The lowest BCUT2D eigenvalue weighted by Gasteiger charge is -2.30. The number of amides is 1. The van der Waals surface area contributed by atoms with Gasteiger partial charge in [-0.05, 0) is 38.1 Å². The van der Waals surface area contributed by atoms with Crippen LogP contribution in [-0.4, -0.2) is 24.5 Å². The first kappa shape index (κ1) is 12.6. The van der Waals surface area contributed by atoms with Crippen LogP contribution in [0.2, 0.25) is 0 Å². The first-order valence-electron chi connectivity index (χ1n) is 5.79. The number of halogens is 1. The van der Waals surface area contributed by atoms with Crippen LogP contribution in [0.25, 0.3) is 0 Å². The summed E-state index contributed by atoms with van der Waals surface area (Å²) >= 11 is 3.41. The first-order chi connectivity index (χ1) is 7.98. The van der Waals surface area contributed by atoms with Crippen LogP contribution in [0.3, 0.4) is 0 Å². The van der Waals surface area contributed by atoms with E-state index in [9.17, 15) is 4.79 Å². The highest BCUT2D eigenvalue weighted by molar-refractivity contribution is 9.10. The number of nitrogens with one attached hydrogen (secondary N) is 1. The van der Waals surface area contributed by atoms with Gasteiger partial charge < -0.3 is 10.2 Å². The highest BCUT2D eigenvalue weighted by Gasteiger charge is 2.28. The molecule has 1 saturated heterocycles. The van der Waals surface area contributed by atoms with E-state index in [1.165, 1.54) is 0 Å². The van der Waals surface area contributed by atoms with Crippen LogP contribution in [0, 0.1) is 0 Å². The van der Waals surface area contributed by atoms with Gasteiger partial charge in [-0.1, -0.05) is 15.9 Å². The Labute approximate surface area is 110 Å². The molecule has 1 N–H and O–H groups in total. The van der Waals surface area contributed by atoms with E-state index in [2.05, 4.69) is 35.1 Å². The van der Waals surface area contributed by atoms with Gasteiger partial charge in [0.05, 0.1) is 0 Å². The quantitative estimate of drug-likeness (QED) is 0.864. The summed E-state index contributed by atoms with van der Waals surface area (Å²) in [6, 6.07) is 7.88. The summed E-state index contributed by atoms with van der Waals surface area (Å²) in [6.07, 6.45) is 0.555. The normalized spacial score (nSPS) is 20.2. The number of benzene rings is 1. The van der Waals surface area contributed by atoms with Crippen molar-refractivity contribution in [2.24, 2.45) is 0 Å². The molecular formula is C13H17BrN2O. The van der Waals surface area contributed by atoms with Crippen LogP contribution in [0.15, 0.2) is 28.7 Å². The van der Waals surface area contributed by atoms with Crippen molar-refractivity contribution in [3.63, 3.8) is 0 Å². The van der Waals surface area contributed by atoms with Gasteiger partial charge in [-0.15, -0.1) is 0 Å². The average molecular weight is 297 g/mol. The molecule has 1 aromatic carbocycles. The van der Waals surface area contributed by atoms with E-state index in [1.807, 2.05) is 29.2 Å². The molecule has 0 radical (unpaired) electrons. The van der Waals surface area contributed by atoms with Crippen LogP contribution in [0.1, 0.15) is 20.3 Å². The average Bonchev–Trinajstić information content (AvgIpc) is 2.39. The van der Waals surface area contributed by atoms with E-state index in [4.69, 9.17) is 0 Å². The van der Waals surface area contributed by atoms with Crippen molar-refractivity contribution in [2.45, 2.75) is 25.8 Å². The van der Waals surface area contributed by atoms with Crippen LogP contribution >= 0.6 is 15.9 Å². The molecule has 17 heavy (non-hydrogen) atoms. The predicted molar refractivity (Wildman–Crippen MR) is 73.2 cm³/mol. The summed E-state index contributed by atoms with van der Waals surface area (Å²) in [7, 11) is 0. The summed E-state index contributed by atoms with van der Waals surface area (Å²) in [5.74, 6) is 0.186. The van der Waals surface area contributed by atoms with Crippen molar-refractivity contribution >= 4 is 27.5 Å². The molecule has 0 spiro atoms. The number of hydrogen-bond acceptors (Lipinski definition) is 2. The molecular weight excluding hydrogens is 280 g/mol. The number of anilines is 1. The van der Waals surface area contributed by atoms with Gasteiger partial charge in [0.15, 0.2) is 0 Å². The van der Waals surface area contributed by atoms with E-state index < -0.39 is 0 Å². The number of carbonyl (C=O) groups is 1. The Morgan fingerprint density at radius 2 is 1.94 bits per heavy atom. The van der Waals surface area contributed by atoms with Crippen molar-refractivity contribution in [3.8, 4) is 0 Å². The standard InChI is InChI=1S/C13H17BrN2O/c1-13(2)9-16(12(17)7-8-15-13)11-5-3-10(14)4-6-11/h3-6,15H,7-9H2,1-2H3. The number of carbonyl (C=O) groups excluding carboxylic acids is 1. The second-order valence-electron chi connectivity index (χ2n) is 5.02. The Bertz CT molecular complexity index is 414. The van der Waals surface area contributed by atoms with Crippen LogP contribution < -0.4 is 10.2 Å². The summed E-state index contributed by atoms with van der Waals surface area (Å²) < 4.78 is 1.03. The zero-order valence-corrected chi connectivity index (χ0v) is 11.8. The second-order valence-corrected chi connectivity index (χ2v) is 5.93. The molecule has 1 amide bonds. The molecule has 4 heteroatoms. The Hall–Kier alpha value is -0.870. The Balaban J connectivity index is 2.27. The van der Waals surface area contributed by atoms with E-state index in [1.54, 1.807) is 0 Å². The van der Waals surface area contributed by atoms with Crippen molar-refractivity contribution in [3.05, 3.63) is 28.7 Å². The molecule has 1 aromatic rings. The smallest absolute Gasteiger partial charge is 0.228 e. The summed E-state index contributed by atoms with van der Waals surface area (Å²) in [4.78, 5) is 13.9. The van der Waals surface area contributed by atoms with Gasteiger partial charge in [0.2, 0.25) is 5.91 Å². The van der Waals surface area contributed by atoms with Gasteiger partial charge in [-0.2, -0.15) is 0 Å². The Morgan fingerprint density at radius 3 is 2.59 bits per heavy atom. The first-order valence-corrected chi connectivity index (χ1v) is 6.58. The lowest BCUT2D eigenvalue weighted by Crippen LogP contribution is -2.47. The molecule has 1 heterocycles. The molecule has 0 unspecified atom stereocenters. The van der Waals surface area contributed by atoms with Gasteiger partial charge in [-0.3, -0.25) is 4.79 Å². The fourth-order valence-electron chi connectivity index (χ4n) is 2.04. The van der Waals surface area contributed by atoms with E-state index in [0.717, 1.165) is 16.7 Å². The molecule has 0 atom stereocenters. The molecule has 1 fully saturated rings. The van der Waals surface area contributed by atoms with Gasteiger partial charge in [0, 0.05) is 35.2 Å². The fraction of sp³-hybridized carbons (Fsp3) is 0.462. The van der Waals surface area contributed by atoms with Gasteiger partial charge in [0.25, 0.3) is 0 Å². The topological polar surface area (TPSA) is 32.3 Å². The summed E-state index contributed by atoms with van der Waals surface area (Å²) in [6.45, 7) is 5.70. The number of nitrogens with zero attached hydrogens (tertiary/aromatic N) is 1. The zero-order valence-electron chi connectivity index (χ0n) is 10.2. The Kier molecular flexibility index (Phi) is 3.54. The second kappa shape index (κ2) is 4.78. The maximum Gasteiger partial charge on any atom is 0.228 e. The fourth-order valence-corrected chi connectivity index (χ4v) is 2.30. The SMILES string of the molecule is CC1(C)CN(c2ccc(Br)cc2)C(=O)CCN1. The van der Waals surface area contributed by atoms with E-state index >= 15 is 0 Å². The largest absolute Gasteiger partial charge is 0.311 e. The molecule has 3 nitrogen and oxygen atoms in total. The Morgan fingerprint density at radius 1 is 1.29 bits per heavy atom. The lowest BCUT2D eigenvalue weighted by atomic mass is 10.1. The molecule has 2 rings (SSSR count). The van der Waals surface area contributed by atoms with Crippen molar-refractivity contribution in [1.82, 2.24) is 5.32 Å². The molecule has 0 aliphatic carbocycles. The maximum absolute atomic E-state index is 12.1. The minimum absolute atomic E-state index is 0.0424. The minimum atomic E-state index is -0.0424. The van der Waals surface area contributed by atoms with Crippen LogP contribution in [0.5, 0.6) is 0 Å². The molecule has 0 aromatic heterocycles. The highest BCUT2D eigenvalue weighted by atomic mass is 79.9. The zero-order chi connectivity index (χ0) is 12.5. The van der Waals surface area contributed by atoms with Gasteiger partial charge in [0.1, 0.15) is 0 Å². The van der Waals surface area contributed by atoms with E-state index in [0.29, 0.717) is 13.0 Å². The maximum atomic E-state index is 12.1. The monoisotopic (exact) mass is 296 g/mol. The van der Waals surface area contributed by atoms with Gasteiger partial charge >= 0.3 is 0 Å². The molecule has 1 aliphatic heterocycles. The third-order valence-electron chi connectivity index (χ3n) is 2.94. The van der Waals surface area contributed by atoms with Crippen LogP contribution in [-0.2, 0) is 4.79 Å². The summed E-state index contributed by atoms with van der Waals surface area (Å²) in [5, 5.41) is 3.39. The van der Waals surface area contributed by atoms with Crippen LogP contribution in [0.4, 0.5) is 5.69 Å². The highest BCUT2D eigenvalue weighted by Crippen LogP contribution is 2.22. The van der Waals surface area contributed by atoms with Crippen molar-refractivity contribution in [1.29, 1.82) is 0 Å². The van der Waals surface area contributed by atoms with Crippen molar-refractivity contribution < 1.29 is 4.79 Å². The lowest BCUT2D eigenvalue weighted by molar-refractivity contribution is -0.118. The van der Waals surface area contributed by atoms with E-state index in [-0.39, 0.29) is 11.4 Å². The number of rotatable bonds is 1. The molecule has 1 aliphatic rings. The number of hydrogen-bond donors (Lipinski definition) is 1. The molecule has 92 valence electrons. The minimum Gasteiger partial charge on any atom is -0.311 e. The molecule has 0 bridgehead atoms. The third kappa shape index (κ3) is 3.07. The third-order valence-corrected chi connectivity index (χ3v) is 3.46. The van der Waals surface area contributed by atoms with Gasteiger partial charge in [-0.25, -0.2) is 0 Å².